The van der Waals surface area contributed by atoms with Gasteiger partial charge in [0.15, 0.2) is 9.84 Å². The van der Waals surface area contributed by atoms with Gasteiger partial charge in [0.1, 0.15) is 0 Å². The van der Waals surface area contributed by atoms with E-state index in [4.69, 9.17) is 4.42 Å². The number of carbonyl (C=O) groups excluding carboxylic acids is 1. The van der Waals surface area contributed by atoms with Gasteiger partial charge in [0.2, 0.25) is 15.9 Å². The molecule has 0 fully saturated rings. The molecule has 3 aromatic rings. The molecule has 0 unspecified atom stereocenters. The molecule has 1 N–H and O–H groups in total. The molecule has 1 amide bonds. The second-order valence-corrected chi connectivity index (χ2v) is 13.6. The molecular weight excluding hydrogens is 528 g/mol. The minimum Gasteiger partial charge on any atom is -0.403 e. The van der Waals surface area contributed by atoms with Crippen LogP contribution in [0.1, 0.15) is 63.7 Å². The third-order valence-electron chi connectivity index (χ3n) is 5.97. The summed E-state index contributed by atoms with van der Waals surface area (Å²) in [4.78, 5) is 13.0. The monoisotopic (exact) mass is 562 g/mol. The van der Waals surface area contributed by atoms with Gasteiger partial charge >= 0.3 is 6.01 Å². The van der Waals surface area contributed by atoms with Crippen LogP contribution in [0.5, 0.6) is 0 Å². The first-order chi connectivity index (χ1) is 18.0. The number of nitrogens with zero attached hydrogens (tertiary/aromatic N) is 3. The molecular formula is C26H34N4O6S2. The molecule has 0 aliphatic carbocycles. The number of benzene rings is 2. The second-order valence-electron chi connectivity index (χ2n) is 9.12. The van der Waals surface area contributed by atoms with Crippen molar-refractivity contribution in [2.24, 2.45) is 0 Å². The minimum absolute atomic E-state index is 0.106. The van der Waals surface area contributed by atoms with Gasteiger partial charge in [0.05, 0.1) is 15.0 Å². The topological polar surface area (TPSA) is 140 Å². The Hall–Kier alpha value is -3.09. The summed E-state index contributed by atoms with van der Waals surface area (Å²) in [5.41, 5.74) is 0.714. The Balaban J connectivity index is 1.70. The Labute approximate surface area is 224 Å². The Morgan fingerprint density at radius 1 is 0.868 bits per heavy atom. The van der Waals surface area contributed by atoms with Crippen LogP contribution in [0.3, 0.4) is 0 Å². The highest BCUT2D eigenvalue weighted by Crippen LogP contribution is 2.24. The van der Waals surface area contributed by atoms with Crippen LogP contribution >= 0.6 is 0 Å². The van der Waals surface area contributed by atoms with Crippen molar-refractivity contribution in [1.29, 1.82) is 0 Å². The minimum atomic E-state index is -3.67. The molecule has 0 spiro atoms. The highest BCUT2D eigenvalue weighted by Gasteiger charge is 2.24. The quantitative estimate of drug-likeness (QED) is 0.314. The zero-order chi connectivity index (χ0) is 27.9. The third kappa shape index (κ3) is 6.86. The number of anilines is 1. The van der Waals surface area contributed by atoms with Gasteiger partial charge in [-0.15, -0.1) is 5.10 Å². The fourth-order valence-electron chi connectivity index (χ4n) is 3.57. The zero-order valence-electron chi connectivity index (χ0n) is 22.0. The van der Waals surface area contributed by atoms with Crippen LogP contribution in [-0.4, -0.2) is 55.6 Å². The van der Waals surface area contributed by atoms with Crippen molar-refractivity contribution in [1.82, 2.24) is 14.5 Å². The molecule has 1 heterocycles. The summed E-state index contributed by atoms with van der Waals surface area (Å²) >= 11 is 0. The first-order valence-corrected chi connectivity index (χ1v) is 15.6. The molecule has 0 radical (unpaired) electrons. The number of sulfonamides is 1. The molecule has 0 saturated heterocycles. The molecule has 0 atom stereocenters. The number of sulfone groups is 1. The number of hydrogen-bond donors (Lipinski definition) is 1. The zero-order valence-corrected chi connectivity index (χ0v) is 23.7. The summed E-state index contributed by atoms with van der Waals surface area (Å²) in [6, 6.07) is 11.6. The van der Waals surface area contributed by atoms with Gasteiger partial charge < -0.3 is 4.42 Å². The van der Waals surface area contributed by atoms with E-state index in [1.807, 2.05) is 13.8 Å². The molecule has 2 aromatic carbocycles. The fraction of sp³-hybridized carbons (Fsp3) is 0.423. The number of hydrogen-bond acceptors (Lipinski definition) is 8. The fourth-order valence-corrected chi connectivity index (χ4v) is 6.14. The molecule has 206 valence electrons. The van der Waals surface area contributed by atoms with Gasteiger partial charge in [0.25, 0.3) is 5.91 Å². The van der Waals surface area contributed by atoms with Crippen molar-refractivity contribution in [2.45, 2.75) is 68.4 Å². The van der Waals surface area contributed by atoms with Gasteiger partial charge in [0, 0.05) is 24.2 Å². The van der Waals surface area contributed by atoms with Crippen molar-refractivity contribution >= 4 is 31.8 Å². The number of amides is 1. The molecule has 12 heteroatoms. The van der Waals surface area contributed by atoms with E-state index in [1.165, 1.54) is 40.7 Å². The predicted molar refractivity (Wildman–Crippen MR) is 145 cm³/mol. The molecule has 3 rings (SSSR count). The summed E-state index contributed by atoms with van der Waals surface area (Å²) in [6.45, 7) is 8.16. The molecule has 0 aliphatic rings. The van der Waals surface area contributed by atoms with Gasteiger partial charge in [-0.3, -0.25) is 10.1 Å². The summed E-state index contributed by atoms with van der Waals surface area (Å²) in [6.07, 6.45) is 3.33. The number of rotatable bonds is 13. The van der Waals surface area contributed by atoms with Crippen molar-refractivity contribution in [3.05, 3.63) is 54.1 Å². The van der Waals surface area contributed by atoms with Crippen LogP contribution in [0.4, 0.5) is 6.01 Å². The Morgan fingerprint density at radius 3 is 1.95 bits per heavy atom. The first kappa shape index (κ1) is 29.5. The Morgan fingerprint density at radius 2 is 1.42 bits per heavy atom. The lowest BCUT2D eigenvalue weighted by atomic mass is 10.2. The van der Waals surface area contributed by atoms with Crippen LogP contribution in [0.25, 0.3) is 11.5 Å². The first-order valence-electron chi connectivity index (χ1n) is 12.6. The van der Waals surface area contributed by atoms with Crippen LogP contribution in [0.2, 0.25) is 0 Å². The van der Waals surface area contributed by atoms with E-state index in [0.717, 1.165) is 25.7 Å². The van der Waals surface area contributed by atoms with E-state index in [9.17, 15) is 21.6 Å². The van der Waals surface area contributed by atoms with Gasteiger partial charge in [-0.2, -0.15) is 4.31 Å². The van der Waals surface area contributed by atoms with E-state index in [1.54, 1.807) is 26.0 Å². The maximum atomic E-state index is 13.1. The summed E-state index contributed by atoms with van der Waals surface area (Å²) < 4.78 is 57.9. The van der Waals surface area contributed by atoms with Gasteiger partial charge in [-0.1, -0.05) is 31.8 Å². The number of aromatic nitrogens is 2. The van der Waals surface area contributed by atoms with Gasteiger partial charge in [-0.25, -0.2) is 16.8 Å². The van der Waals surface area contributed by atoms with Gasteiger partial charge in [-0.05, 0) is 75.2 Å². The van der Waals surface area contributed by atoms with E-state index in [0.29, 0.717) is 18.7 Å². The van der Waals surface area contributed by atoms with Crippen molar-refractivity contribution in [2.75, 3.05) is 18.4 Å². The van der Waals surface area contributed by atoms with Crippen molar-refractivity contribution < 1.29 is 26.0 Å². The standard InChI is InChI=1S/C26H34N4O6S2/c1-5-7-17-30(18-8-6-2)38(34,35)23-15-9-20(10-16-23)24(31)27-26-29-28-25(36-26)21-11-13-22(14-12-21)37(32,33)19(3)4/h9-16,19H,5-8,17-18H2,1-4H3,(H,27,29,31). The number of nitrogens with one attached hydrogen (secondary N) is 1. The molecule has 0 bridgehead atoms. The maximum Gasteiger partial charge on any atom is 0.322 e. The van der Waals surface area contributed by atoms with E-state index in [-0.39, 0.29) is 27.3 Å². The lowest BCUT2D eigenvalue weighted by Gasteiger charge is -2.22. The number of carbonyl (C=O) groups is 1. The van der Waals surface area contributed by atoms with E-state index < -0.39 is 31.0 Å². The van der Waals surface area contributed by atoms with E-state index in [2.05, 4.69) is 15.5 Å². The number of unbranched alkanes of at least 4 members (excludes halogenated alkanes) is 2. The average Bonchev–Trinajstić information content (AvgIpc) is 3.37. The van der Waals surface area contributed by atoms with Crippen molar-refractivity contribution in [3.8, 4) is 11.5 Å². The predicted octanol–water partition coefficient (Wildman–Crippen LogP) is 4.76. The smallest absolute Gasteiger partial charge is 0.322 e. The van der Waals surface area contributed by atoms with Crippen molar-refractivity contribution in [3.63, 3.8) is 0 Å². The van der Waals surface area contributed by atoms with Crippen LogP contribution in [0, 0.1) is 0 Å². The molecule has 1 aromatic heterocycles. The normalized spacial score (nSPS) is 12.3. The van der Waals surface area contributed by atoms with E-state index >= 15 is 0 Å². The highest BCUT2D eigenvalue weighted by molar-refractivity contribution is 7.92. The lowest BCUT2D eigenvalue weighted by Crippen LogP contribution is -2.33. The Bertz CT molecular complexity index is 1420. The highest BCUT2D eigenvalue weighted by atomic mass is 32.2. The summed E-state index contributed by atoms with van der Waals surface area (Å²) in [7, 11) is -7.08. The second kappa shape index (κ2) is 12.6. The van der Waals surface area contributed by atoms with Crippen LogP contribution in [0.15, 0.2) is 62.7 Å². The SMILES string of the molecule is CCCCN(CCCC)S(=O)(=O)c1ccc(C(=O)Nc2nnc(-c3ccc(S(=O)(=O)C(C)C)cc3)o2)cc1. The average molecular weight is 563 g/mol. The maximum absolute atomic E-state index is 13.1. The third-order valence-corrected chi connectivity index (χ3v) is 10.1. The largest absolute Gasteiger partial charge is 0.403 e. The molecule has 0 saturated carbocycles. The molecule has 0 aliphatic heterocycles. The van der Waals surface area contributed by atoms with Crippen LogP contribution < -0.4 is 5.32 Å². The summed E-state index contributed by atoms with van der Waals surface area (Å²) in [5, 5.41) is 9.69. The Kier molecular flexibility index (Phi) is 9.80. The summed E-state index contributed by atoms with van der Waals surface area (Å²) in [5.74, 6) is -0.439. The van der Waals surface area contributed by atoms with Crippen LogP contribution in [-0.2, 0) is 19.9 Å². The molecule has 38 heavy (non-hydrogen) atoms. The lowest BCUT2D eigenvalue weighted by molar-refractivity contribution is 0.102. The molecule has 10 nitrogen and oxygen atoms in total.